The minimum absolute atomic E-state index is 0.0136. The molecule has 1 N–H and O–H groups in total. The van der Waals surface area contributed by atoms with Gasteiger partial charge in [-0.05, 0) is 46.1 Å². The number of carbonyl (C=O) groups excluding carboxylic acids is 1. The van der Waals surface area contributed by atoms with E-state index in [1.165, 1.54) is 11.1 Å². The zero-order valence-corrected chi connectivity index (χ0v) is 20.9. The lowest BCUT2D eigenvalue weighted by atomic mass is 9.77. The molecule has 0 aliphatic carbocycles. The van der Waals surface area contributed by atoms with Crippen molar-refractivity contribution in [2.24, 2.45) is 0 Å². The van der Waals surface area contributed by atoms with Gasteiger partial charge in [-0.1, -0.05) is 90.9 Å². The quantitative estimate of drug-likeness (QED) is 0.465. The summed E-state index contributed by atoms with van der Waals surface area (Å²) >= 11 is 0. The Morgan fingerprint density at radius 3 is 2.03 bits per heavy atom. The molecule has 170 valence electrons. The van der Waals surface area contributed by atoms with Gasteiger partial charge in [-0.2, -0.15) is 0 Å². The number of rotatable bonds is 5. The summed E-state index contributed by atoms with van der Waals surface area (Å²) in [5, 5.41) is 4.40. The van der Waals surface area contributed by atoms with Crippen molar-refractivity contribution in [2.45, 2.75) is 84.6 Å². The lowest BCUT2D eigenvalue weighted by Gasteiger charge is -2.31. The Morgan fingerprint density at radius 2 is 1.50 bits per heavy atom. The molecule has 0 saturated carbocycles. The predicted octanol–water partition coefficient (Wildman–Crippen LogP) is 7.20. The fourth-order valence-electron chi connectivity index (χ4n) is 4.24. The van der Waals surface area contributed by atoms with Gasteiger partial charge >= 0.3 is 0 Å². The summed E-state index contributed by atoms with van der Waals surface area (Å²) in [7, 11) is 0. The summed E-state index contributed by atoms with van der Waals surface area (Å²) in [6.45, 7) is 17.2. The van der Waals surface area contributed by atoms with Crippen molar-refractivity contribution in [2.75, 3.05) is 0 Å². The number of hydrogen-bond donors (Lipinski definition) is 1. The second-order valence-electron chi connectivity index (χ2n) is 11.0. The van der Waals surface area contributed by atoms with Gasteiger partial charge in [0.1, 0.15) is 0 Å². The van der Waals surface area contributed by atoms with Crippen molar-refractivity contribution < 1.29 is 4.79 Å². The van der Waals surface area contributed by atoms with Crippen molar-refractivity contribution in [3.63, 3.8) is 0 Å². The third kappa shape index (κ3) is 5.38. The van der Waals surface area contributed by atoms with Gasteiger partial charge < -0.3 is 5.32 Å². The van der Waals surface area contributed by atoms with E-state index in [4.69, 9.17) is 4.98 Å². The number of benzene rings is 2. The molecule has 1 aromatic heterocycles. The van der Waals surface area contributed by atoms with Crippen molar-refractivity contribution >= 4 is 16.8 Å². The molecule has 1 amide bonds. The first kappa shape index (κ1) is 24.0. The molecule has 0 bridgehead atoms. The van der Waals surface area contributed by atoms with Crippen LogP contribution < -0.4 is 5.32 Å². The van der Waals surface area contributed by atoms with Crippen LogP contribution in [0.1, 0.15) is 96.2 Å². The molecule has 3 rings (SSSR count). The molecule has 3 nitrogen and oxygen atoms in total. The first-order valence-electron chi connectivity index (χ1n) is 11.7. The summed E-state index contributed by atoms with van der Waals surface area (Å²) in [6.07, 6.45) is 0.876. The molecule has 0 radical (unpaired) electrons. The van der Waals surface area contributed by atoms with Gasteiger partial charge in [0.2, 0.25) is 5.91 Å². The van der Waals surface area contributed by atoms with Gasteiger partial charge in [0.25, 0.3) is 0 Å². The van der Waals surface area contributed by atoms with E-state index in [9.17, 15) is 4.79 Å². The number of fused-ring (bicyclic) bond motifs is 1. The van der Waals surface area contributed by atoms with Crippen molar-refractivity contribution in [3.05, 3.63) is 77.0 Å². The maximum Gasteiger partial charge on any atom is 0.217 e. The van der Waals surface area contributed by atoms with Crippen LogP contribution in [0, 0.1) is 0 Å². The second kappa shape index (κ2) is 9.05. The largest absolute Gasteiger partial charge is 0.349 e. The zero-order chi connectivity index (χ0) is 23.7. The number of carbonyl (C=O) groups is 1. The van der Waals surface area contributed by atoms with Crippen molar-refractivity contribution in [1.82, 2.24) is 10.3 Å². The normalized spacial score (nSPS) is 14.2. The van der Waals surface area contributed by atoms with Crippen LogP contribution in [0.3, 0.4) is 0 Å². The van der Waals surface area contributed by atoms with Crippen LogP contribution in [0.5, 0.6) is 0 Å². The van der Waals surface area contributed by atoms with E-state index in [2.05, 4.69) is 96.2 Å². The summed E-state index contributed by atoms with van der Waals surface area (Å²) in [5.74, 6) is 0.0549. The van der Waals surface area contributed by atoms with Gasteiger partial charge in [0.05, 0.1) is 11.6 Å². The third-order valence-electron chi connectivity index (χ3n) is 6.25. The Bertz CT molecular complexity index is 1070. The van der Waals surface area contributed by atoms with Crippen molar-refractivity contribution in [3.8, 4) is 0 Å². The van der Waals surface area contributed by atoms with Crippen LogP contribution in [-0.4, -0.2) is 10.9 Å². The smallest absolute Gasteiger partial charge is 0.217 e. The SMILES string of the molecule is CC[C@@H](c1ccc2ccccc2n1)[C@H](NC(C)=O)c1cc(C(C)(C)C)cc(C(C)(C)C)c1. The number of nitrogens with zero attached hydrogens (tertiary/aromatic N) is 1. The molecule has 2 atom stereocenters. The fraction of sp³-hybridized carbons (Fsp3) is 0.448. The van der Waals surface area contributed by atoms with E-state index in [1.807, 2.05) is 12.1 Å². The Kier molecular flexibility index (Phi) is 6.78. The maximum atomic E-state index is 12.3. The minimum Gasteiger partial charge on any atom is -0.349 e. The molecule has 2 aromatic carbocycles. The van der Waals surface area contributed by atoms with Gasteiger partial charge in [0, 0.05) is 23.9 Å². The number of amides is 1. The molecule has 0 aliphatic heterocycles. The molecule has 0 spiro atoms. The highest BCUT2D eigenvalue weighted by molar-refractivity contribution is 5.78. The lowest BCUT2D eigenvalue weighted by Crippen LogP contribution is -2.32. The van der Waals surface area contributed by atoms with Gasteiger partial charge in [0.15, 0.2) is 0 Å². The first-order valence-corrected chi connectivity index (χ1v) is 11.7. The average Bonchev–Trinajstić information content (AvgIpc) is 2.71. The van der Waals surface area contributed by atoms with Crippen LogP contribution in [-0.2, 0) is 15.6 Å². The average molecular weight is 431 g/mol. The van der Waals surface area contributed by atoms with Crippen LogP contribution in [0.4, 0.5) is 0 Å². The Labute approximate surface area is 193 Å². The van der Waals surface area contributed by atoms with Crippen molar-refractivity contribution in [1.29, 1.82) is 0 Å². The topological polar surface area (TPSA) is 42.0 Å². The van der Waals surface area contributed by atoms with E-state index in [1.54, 1.807) is 6.92 Å². The Morgan fingerprint density at radius 1 is 0.906 bits per heavy atom. The second-order valence-corrected chi connectivity index (χ2v) is 11.0. The monoisotopic (exact) mass is 430 g/mol. The molecular formula is C29H38N2O. The van der Waals surface area contributed by atoms with Crippen LogP contribution in [0.15, 0.2) is 54.6 Å². The molecule has 1 heterocycles. The highest BCUT2D eigenvalue weighted by Gasteiger charge is 2.29. The van der Waals surface area contributed by atoms with E-state index in [0.29, 0.717) is 0 Å². The fourth-order valence-corrected chi connectivity index (χ4v) is 4.24. The molecule has 0 unspecified atom stereocenters. The third-order valence-corrected chi connectivity index (χ3v) is 6.25. The number of nitrogens with one attached hydrogen (secondary N) is 1. The van der Waals surface area contributed by atoms with E-state index in [0.717, 1.165) is 28.6 Å². The van der Waals surface area contributed by atoms with E-state index < -0.39 is 0 Å². The molecule has 0 aliphatic rings. The zero-order valence-electron chi connectivity index (χ0n) is 20.9. The molecule has 3 heteroatoms. The first-order chi connectivity index (χ1) is 14.9. The van der Waals surface area contributed by atoms with Crippen LogP contribution in [0.2, 0.25) is 0 Å². The molecular weight excluding hydrogens is 392 g/mol. The highest BCUT2D eigenvalue weighted by atomic mass is 16.1. The summed E-state index contributed by atoms with van der Waals surface area (Å²) < 4.78 is 0. The molecule has 32 heavy (non-hydrogen) atoms. The molecule has 0 fully saturated rings. The summed E-state index contributed by atoms with van der Waals surface area (Å²) in [4.78, 5) is 17.3. The standard InChI is InChI=1S/C29H38N2O/c1-9-24(26-15-14-20-12-10-11-13-25(20)31-26)27(30-19(2)32)21-16-22(28(3,4)5)18-23(17-21)29(6,7)8/h10-18,24,27H,9H2,1-8H3,(H,30,32)/t24-,27+/m0/s1. The number of para-hydroxylation sites is 1. The maximum absolute atomic E-state index is 12.3. The number of aromatic nitrogens is 1. The summed E-state index contributed by atoms with van der Waals surface area (Å²) in [6, 6.07) is 19.2. The number of hydrogen-bond acceptors (Lipinski definition) is 2. The van der Waals surface area contributed by atoms with E-state index in [-0.39, 0.29) is 28.7 Å². The van der Waals surface area contributed by atoms with Gasteiger partial charge in [-0.25, -0.2) is 0 Å². The highest BCUT2D eigenvalue weighted by Crippen LogP contribution is 2.38. The minimum atomic E-state index is -0.144. The molecule has 0 saturated heterocycles. The predicted molar refractivity (Wildman–Crippen MR) is 135 cm³/mol. The van der Waals surface area contributed by atoms with Gasteiger partial charge in [-0.15, -0.1) is 0 Å². The molecule has 3 aromatic rings. The lowest BCUT2D eigenvalue weighted by molar-refractivity contribution is -0.119. The van der Waals surface area contributed by atoms with Crippen LogP contribution in [0.25, 0.3) is 10.9 Å². The Hall–Kier alpha value is -2.68. The Balaban J connectivity index is 2.18. The number of pyridine rings is 1. The van der Waals surface area contributed by atoms with Gasteiger partial charge in [-0.3, -0.25) is 9.78 Å². The van der Waals surface area contributed by atoms with Crippen LogP contribution >= 0.6 is 0 Å². The summed E-state index contributed by atoms with van der Waals surface area (Å²) in [5.41, 5.74) is 5.76. The van der Waals surface area contributed by atoms with E-state index >= 15 is 0 Å².